The minimum absolute atomic E-state index is 0.102. The number of H-pyrrole nitrogens is 1. The van der Waals surface area contributed by atoms with Crippen LogP contribution in [0.5, 0.6) is 0 Å². The van der Waals surface area contributed by atoms with Gasteiger partial charge in [-0.15, -0.1) is 0 Å². The highest BCUT2D eigenvalue weighted by atomic mass is 35.5. The van der Waals surface area contributed by atoms with Gasteiger partial charge in [0.1, 0.15) is 6.07 Å². The maximum absolute atomic E-state index is 13.0. The third-order valence-corrected chi connectivity index (χ3v) is 6.37. The van der Waals surface area contributed by atoms with E-state index in [1.807, 2.05) is 30.3 Å². The van der Waals surface area contributed by atoms with E-state index in [1.165, 1.54) is 10.4 Å². The van der Waals surface area contributed by atoms with Crippen LogP contribution in [0.3, 0.4) is 0 Å². The number of rotatable bonds is 6. The molecule has 1 heterocycles. The molecule has 3 rings (SSSR count). The number of benzene rings is 2. The summed E-state index contributed by atoms with van der Waals surface area (Å²) >= 11 is 6.17. The Morgan fingerprint density at radius 2 is 1.89 bits per heavy atom. The predicted molar refractivity (Wildman–Crippen MR) is 106 cm³/mol. The second kappa shape index (κ2) is 7.97. The van der Waals surface area contributed by atoms with Crippen LogP contribution in [0.25, 0.3) is 11.1 Å². The molecule has 0 saturated carbocycles. The molecule has 0 atom stereocenters. The van der Waals surface area contributed by atoms with Gasteiger partial charge in [0.15, 0.2) is 0 Å². The van der Waals surface area contributed by atoms with Gasteiger partial charge in [-0.25, -0.2) is 12.7 Å². The van der Waals surface area contributed by atoms with E-state index < -0.39 is 10.0 Å². The fourth-order valence-corrected chi connectivity index (χ4v) is 4.34. The molecule has 0 aliphatic heterocycles. The number of aromatic amines is 1. The summed E-state index contributed by atoms with van der Waals surface area (Å²) in [5.74, 6) is 0. The van der Waals surface area contributed by atoms with Crippen molar-refractivity contribution in [2.75, 3.05) is 13.6 Å². The molecule has 1 aromatic heterocycles. The van der Waals surface area contributed by atoms with Gasteiger partial charge in [-0.05, 0) is 35.7 Å². The van der Waals surface area contributed by atoms with E-state index in [0.29, 0.717) is 34.7 Å². The lowest BCUT2D eigenvalue weighted by atomic mass is 10.1. The van der Waals surface area contributed by atoms with Crippen LogP contribution >= 0.6 is 11.6 Å². The molecule has 0 unspecified atom stereocenters. The topological polar surface area (TPSA) is 77.0 Å². The van der Waals surface area contributed by atoms with Gasteiger partial charge in [0, 0.05) is 36.6 Å². The van der Waals surface area contributed by atoms with Gasteiger partial charge in [-0.2, -0.15) is 5.26 Å². The number of halogens is 1. The first-order chi connectivity index (χ1) is 12.9. The Morgan fingerprint density at radius 3 is 2.59 bits per heavy atom. The Kier molecular flexibility index (Phi) is 5.66. The summed E-state index contributed by atoms with van der Waals surface area (Å²) in [5, 5.41) is 9.50. The van der Waals surface area contributed by atoms with Crippen molar-refractivity contribution in [2.45, 2.75) is 11.3 Å². The second-order valence-corrected chi connectivity index (χ2v) is 8.61. The Hall–Kier alpha value is -2.59. The number of nitrogens with one attached hydrogen (secondary N) is 1. The number of nitriles is 1. The summed E-state index contributed by atoms with van der Waals surface area (Å²) in [5.41, 5.74) is 2.69. The minimum Gasteiger partial charge on any atom is -0.366 e. The average Bonchev–Trinajstić information content (AvgIpc) is 3.15. The molecule has 7 heteroatoms. The number of aromatic nitrogens is 1. The van der Waals surface area contributed by atoms with Gasteiger partial charge < -0.3 is 4.98 Å². The summed E-state index contributed by atoms with van der Waals surface area (Å²) in [6.45, 7) is 0.349. The van der Waals surface area contributed by atoms with Crippen LogP contribution in [-0.4, -0.2) is 31.3 Å². The van der Waals surface area contributed by atoms with Crippen LogP contribution in [0.2, 0.25) is 5.02 Å². The summed E-state index contributed by atoms with van der Waals surface area (Å²) in [7, 11) is -2.16. The van der Waals surface area contributed by atoms with Crippen molar-refractivity contribution in [3.63, 3.8) is 0 Å². The fraction of sp³-hybridized carbons (Fsp3) is 0.150. The van der Waals surface area contributed by atoms with Crippen molar-refractivity contribution >= 4 is 21.6 Å². The van der Waals surface area contributed by atoms with Crippen LogP contribution in [-0.2, 0) is 16.4 Å². The molecule has 0 radical (unpaired) electrons. The van der Waals surface area contributed by atoms with Gasteiger partial charge >= 0.3 is 0 Å². The molecule has 0 spiro atoms. The van der Waals surface area contributed by atoms with Crippen molar-refractivity contribution in [1.29, 1.82) is 5.26 Å². The molecule has 2 aromatic carbocycles. The number of hydrogen-bond donors (Lipinski definition) is 1. The average molecular weight is 400 g/mol. The smallest absolute Gasteiger partial charge is 0.242 e. The molecule has 0 aliphatic rings. The maximum Gasteiger partial charge on any atom is 0.242 e. The zero-order chi connectivity index (χ0) is 19.4. The Bertz CT molecular complexity index is 1090. The summed E-state index contributed by atoms with van der Waals surface area (Å²) in [6, 6.07) is 16.4. The molecule has 5 nitrogen and oxygen atoms in total. The zero-order valence-corrected chi connectivity index (χ0v) is 16.3. The largest absolute Gasteiger partial charge is 0.366 e. The Morgan fingerprint density at radius 1 is 1.15 bits per heavy atom. The van der Waals surface area contributed by atoms with Crippen molar-refractivity contribution in [2.24, 2.45) is 0 Å². The van der Waals surface area contributed by atoms with E-state index in [0.717, 1.165) is 5.56 Å². The van der Waals surface area contributed by atoms with Crippen LogP contribution in [0.1, 0.15) is 11.1 Å². The zero-order valence-electron chi connectivity index (χ0n) is 14.7. The normalized spacial score (nSPS) is 11.5. The third kappa shape index (κ3) is 4.22. The van der Waals surface area contributed by atoms with Crippen molar-refractivity contribution in [1.82, 2.24) is 9.29 Å². The number of nitrogens with zero attached hydrogens (tertiary/aromatic N) is 2. The first kappa shape index (κ1) is 19.2. The van der Waals surface area contributed by atoms with E-state index in [9.17, 15) is 13.7 Å². The summed E-state index contributed by atoms with van der Waals surface area (Å²) < 4.78 is 27.3. The van der Waals surface area contributed by atoms with Crippen molar-refractivity contribution < 1.29 is 8.42 Å². The highest BCUT2D eigenvalue weighted by molar-refractivity contribution is 7.89. The standard InChI is InChI=1S/C20H18ClN3O2S/c1-24(8-7-15-5-3-2-4-6-15)27(25,26)19-10-16(9-18(21)11-19)20-14-23-13-17(20)12-22/h2-6,9-11,13-14,23H,7-8H2,1H3. The number of sulfonamides is 1. The molecule has 138 valence electrons. The molecule has 3 aromatic rings. The van der Waals surface area contributed by atoms with E-state index in [1.54, 1.807) is 31.6 Å². The highest BCUT2D eigenvalue weighted by Crippen LogP contribution is 2.30. The molecule has 0 aliphatic carbocycles. The van der Waals surface area contributed by atoms with Gasteiger partial charge in [0.25, 0.3) is 0 Å². The molecule has 0 amide bonds. The highest BCUT2D eigenvalue weighted by Gasteiger charge is 2.22. The molecule has 0 saturated heterocycles. The van der Waals surface area contributed by atoms with Crippen LogP contribution in [0, 0.1) is 11.3 Å². The molecule has 1 N–H and O–H groups in total. The lowest BCUT2D eigenvalue weighted by molar-refractivity contribution is 0.472. The molecular weight excluding hydrogens is 382 g/mol. The van der Waals surface area contributed by atoms with E-state index >= 15 is 0 Å². The SMILES string of the molecule is CN(CCc1ccccc1)S(=O)(=O)c1cc(Cl)cc(-c2c[nH]cc2C#N)c1. The van der Waals surface area contributed by atoms with Crippen molar-refractivity contribution in [3.8, 4) is 17.2 Å². The molecule has 0 fully saturated rings. The Labute approximate surface area is 163 Å². The van der Waals surface area contributed by atoms with Crippen molar-refractivity contribution in [3.05, 3.63) is 77.1 Å². The van der Waals surface area contributed by atoms with Crippen LogP contribution < -0.4 is 0 Å². The second-order valence-electron chi connectivity index (χ2n) is 6.13. The molecular formula is C20H18ClN3O2S. The lowest BCUT2D eigenvalue weighted by Gasteiger charge is -2.18. The lowest BCUT2D eigenvalue weighted by Crippen LogP contribution is -2.29. The number of likely N-dealkylation sites (N-methyl/N-ethyl adjacent to an activating group) is 1. The Balaban J connectivity index is 1.89. The number of hydrogen-bond acceptors (Lipinski definition) is 3. The summed E-state index contributed by atoms with van der Waals surface area (Å²) in [6.07, 6.45) is 3.83. The monoisotopic (exact) mass is 399 g/mol. The summed E-state index contributed by atoms with van der Waals surface area (Å²) in [4.78, 5) is 2.96. The van der Waals surface area contributed by atoms with E-state index in [2.05, 4.69) is 11.1 Å². The molecule has 27 heavy (non-hydrogen) atoms. The van der Waals surface area contributed by atoms with E-state index in [-0.39, 0.29) is 4.90 Å². The van der Waals surface area contributed by atoms with Gasteiger partial charge in [0.05, 0.1) is 10.5 Å². The van der Waals surface area contributed by atoms with Gasteiger partial charge in [0.2, 0.25) is 10.0 Å². The van der Waals surface area contributed by atoms with Crippen LogP contribution in [0.4, 0.5) is 0 Å². The van der Waals surface area contributed by atoms with E-state index in [4.69, 9.17) is 11.6 Å². The maximum atomic E-state index is 13.0. The van der Waals surface area contributed by atoms with Crippen LogP contribution in [0.15, 0.2) is 65.8 Å². The van der Waals surface area contributed by atoms with Gasteiger partial charge in [-0.3, -0.25) is 0 Å². The third-order valence-electron chi connectivity index (χ3n) is 4.31. The fourth-order valence-electron chi connectivity index (χ4n) is 2.79. The first-order valence-corrected chi connectivity index (χ1v) is 10.1. The minimum atomic E-state index is -3.71. The van der Waals surface area contributed by atoms with Gasteiger partial charge in [-0.1, -0.05) is 41.9 Å². The molecule has 0 bridgehead atoms. The quantitative estimate of drug-likeness (QED) is 0.678. The predicted octanol–water partition coefficient (Wildman–Crippen LogP) is 4.07. The first-order valence-electron chi connectivity index (χ1n) is 8.30.